The number of phenols is 3. The van der Waals surface area contributed by atoms with Gasteiger partial charge in [0.05, 0.1) is 6.61 Å². The summed E-state index contributed by atoms with van der Waals surface area (Å²) in [4.78, 5) is 12.6. The summed E-state index contributed by atoms with van der Waals surface area (Å²) < 4.78 is 15.9. The minimum absolute atomic E-state index is 0.0686. The van der Waals surface area contributed by atoms with E-state index in [1.54, 1.807) is 0 Å². The van der Waals surface area contributed by atoms with Crippen LogP contribution in [0.25, 0.3) is 22.3 Å². The van der Waals surface area contributed by atoms with Crippen molar-refractivity contribution in [2.75, 3.05) is 6.61 Å². The van der Waals surface area contributed by atoms with Crippen molar-refractivity contribution in [1.29, 1.82) is 0 Å². The van der Waals surface area contributed by atoms with Gasteiger partial charge in [0.1, 0.15) is 35.2 Å². The highest BCUT2D eigenvalue weighted by molar-refractivity contribution is 5.93. The third-order valence-electron chi connectivity index (χ3n) is 4.89. The molecule has 1 aliphatic heterocycles. The van der Waals surface area contributed by atoms with Gasteiger partial charge in [-0.2, -0.15) is 0 Å². The fourth-order valence-corrected chi connectivity index (χ4v) is 3.21. The standard InChI is InChI=1S/C20H18O11/c21-8-3-1-7(2-4-8)18-16(27)15(26)12-9(22)5-11(14(25)19(12)31-18)30-20-17(28)13(24)10(23)6-29-20/h1-5,10,13,17,20-25,27-28H,6H2/t10-,13+,17-,20+/m1/s1. The second-order valence-corrected chi connectivity index (χ2v) is 6.97. The number of rotatable bonds is 3. The van der Waals surface area contributed by atoms with Crippen molar-refractivity contribution in [1.82, 2.24) is 0 Å². The van der Waals surface area contributed by atoms with Crippen molar-refractivity contribution in [3.05, 3.63) is 40.6 Å². The zero-order valence-electron chi connectivity index (χ0n) is 15.7. The summed E-state index contributed by atoms with van der Waals surface area (Å²) in [5, 5.41) is 69.3. The Bertz CT molecular complexity index is 1180. The molecular weight excluding hydrogens is 416 g/mol. The van der Waals surface area contributed by atoms with E-state index in [4.69, 9.17) is 13.9 Å². The average molecular weight is 434 g/mol. The van der Waals surface area contributed by atoms with E-state index in [1.807, 2.05) is 0 Å². The average Bonchev–Trinajstić information content (AvgIpc) is 2.74. The first-order valence-corrected chi connectivity index (χ1v) is 9.05. The van der Waals surface area contributed by atoms with Crippen LogP contribution in [-0.4, -0.2) is 67.0 Å². The number of fused-ring (bicyclic) bond motifs is 1. The second-order valence-electron chi connectivity index (χ2n) is 6.97. The number of ether oxygens (including phenoxy) is 2. The Hall–Kier alpha value is -3.51. The summed E-state index contributed by atoms with van der Waals surface area (Å²) in [6, 6.07) is 6.14. The van der Waals surface area contributed by atoms with Crippen LogP contribution in [0.5, 0.6) is 28.7 Å². The highest BCUT2D eigenvalue weighted by Crippen LogP contribution is 2.43. The fourth-order valence-electron chi connectivity index (χ4n) is 3.21. The zero-order valence-corrected chi connectivity index (χ0v) is 15.7. The van der Waals surface area contributed by atoms with Crippen molar-refractivity contribution in [2.24, 2.45) is 0 Å². The van der Waals surface area contributed by atoms with Gasteiger partial charge in [-0.15, -0.1) is 0 Å². The van der Waals surface area contributed by atoms with E-state index in [0.717, 1.165) is 6.07 Å². The Labute approximate surface area is 173 Å². The molecule has 4 rings (SSSR count). The minimum atomic E-state index is -1.68. The number of hydrogen-bond donors (Lipinski definition) is 7. The van der Waals surface area contributed by atoms with Gasteiger partial charge in [-0.3, -0.25) is 4.79 Å². The molecule has 4 atom stereocenters. The third-order valence-corrected chi connectivity index (χ3v) is 4.89. The number of aromatic hydroxyl groups is 4. The third kappa shape index (κ3) is 3.49. The van der Waals surface area contributed by atoms with Gasteiger partial charge in [-0.25, -0.2) is 0 Å². The quantitative estimate of drug-likeness (QED) is 0.277. The first-order valence-electron chi connectivity index (χ1n) is 9.05. The van der Waals surface area contributed by atoms with Crippen LogP contribution in [0.4, 0.5) is 0 Å². The van der Waals surface area contributed by atoms with Gasteiger partial charge in [0.15, 0.2) is 17.1 Å². The van der Waals surface area contributed by atoms with Crippen molar-refractivity contribution >= 4 is 11.0 Å². The molecule has 0 radical (unpaired) electrons. The number of hydrogen-bond acceptors (Lipinski definition) is 11. The molecule has 11 heteroatoms. The van der Waals surface area contributed by atoms with Crippen LogP contribution in [0.2, 0.25) is 0 Å². The summed E-state index contributed by atoms with van der Waals surface area (Å²) in [6.45, 7) is -0.364. The topological polar surface area (TPSA) is 190 Å². The molecule has 0 spiro atoms. The molecule has 11 nitrogen and oxygen atoms in total. The van der Waals surface area contributed by atoms with E-state index < -0.39 is 64.0 Å². The molecule has 0 amide bonds. The molecule has 2 aromatic carbocycles. The Kier molecular flexibility index (Phi) is 5.11. The van der Waals surface area contributed by atoms with Crippen molar-refractivity contribution < 1.29 is 49.6 Å². The predicted octanol–water partition coefficient (Wildman–Crippen LogP) is 0.100. The number of benzene rings is 2. The summed E-state index contributed by atoms with van der Waals surface area (Å²) in [6.07, 6.45) is -6.12. The van der Waals surface area contributed by atoms with Crippen LogP contribution in [0, 0.1) is 0 Å². The van der Waals surface area contributed by atoms with Crippen molar-refractivity contribution in [3.8, 4) is 40.1 Å². The maximum atomic E-state index is 12.6. The summed E-state index contributed by atoms with van der Waals surface area (Å²) in [5.74, 6) is -3.14. The molecular formula is C20H18O11. The maximum Gasteiger partial charge on any atom is 0.238 e. The lowest BCUT2D eigenvalue weighted by Crippen LogP contribution is -2.54. The van der Waals surface area contributed by atoms with E-state index in [0.29, 0.717) is 0 Å². The maximum absolute atomic E-state index is 12.6. The Morgan fingerprint density at radius 3 is 2.29 bits per heavy atom. The lowest BCUT2D eigenvalue weighted by molar-refractivity contribution is -0.242. The molecule has 1 saturated heterocycles. The Balaban J connectivity index is 1.82. The number of aliphatic hydroxyl groups is 3. The van der Waals surface area contributed by atoms with Crippen LogP contribution in [0.3, 0.4) is 0 Å². The first kappa shape index (κ1) is 20.8. The molecule has 0 bridgehead atoms. The molecule has 1 fully saturated rings. The molecule has 0 aliphatic carbocycles. The smallest absolute Gasteiger partial charge is 0.238 e. The van der Waals surface area contributed by atoms with E-state index in [9.17, 15) is 40.5 Å². The molecule has 31 heavy (non-hydrogen) atoms. The molecule has 0 saturated carbocycles. The van der Waals surface area contributed by atoms with Gasteiger partial charge < -0.3 is 49.6 Å². The molecule has 2 heterocycles. The van der Waals surface area contributed by atoms with Gasteiger partial charge in [-0.05, 0) is 24.3 Å². The molecule has 7 N–H and O–H groups in total. The van der Waals surface area contributed by atoms with Crippen molar-refractivity contribution in [3.63, 3.8) is 0 Å². The van der Waals surface area contributed by atoms with Crippen molar-refractivity contribution in [2.45, 2.75) is 24.6 Å². The summed E-state index contributed by atoms with van der Waals surface area (Å²) >= 11 is 0. The molecule has 1 aliphatic rings. The van der Waals surface area contributed by atoms with Crippen LogP contribution in [-0.2, 0) is 4.74 Å². The largest absolute Gasteiger partial charge is 0.508 e. The monoisotopic (exact) mass is 434 g/mol. The van der Waals surface area contributed by atoms with E-state index >= 15 is 0 Å². The lowest BCUT2D eigenvalue weighted by atomic mass is 10.1. The van der Waals surface area contributed by atoms with Crippen LogP contribution < -0.4 is 10.2 Å². The molecule has 0 unspecified atom stereocenters. The Morgan fingerprint density at radius 1 is 0.935 bits per heavy atom. The second kappa shape index (κ2) is 7.63. The highest BCUT2D eigenvalue weighted by atomic mass is 16.7. The number of phenolic OH excluding ortho intramolecular Hbond substituents is 3. The van der Waals surface area contributed by atoms with Crippen LogP contribution in [0.1, 0.15) is 0 Å². The Morgan fingerprint density at radius 2 is 1.61 bits per heavy atom. The van der Waals surface area contributed by atoms with Gasteiger partial charge in [0.25, 0.3) is 0 Å². The summed E-state index contributed by atoms with van der Waals surface area (Å²) in [5.41, 5.74) is -1.36. The zero-order chi connectivity index (χ0) is 22.4. The fraction of sp³-hybridized carbons (Fsp3) is 0.250. The number of aliphatic hydroxyl groups excluding tert-OH is 3. The first-order chi connectivity index (χ1) is 14.7. The van der Waals surface area contributed by atoms with Gasteiger partial charge >= 0.3 is 0 Å². The van der Waals surface area contributed by atoms with Crippen LogP contribution in [0.15, 0.2) is 39.5 Å². The molecule has 1 aromatic heterocycles. The summed E-state index contributed by atoms with van der Waals surface area (Å²) in [7, 11) is 0. The predicted molar refractivity (Wildman–Crippen MR) is 103 cm³/mol. The molecule has 164 valence electrons. The molecule has 3 aromatic rings. The normalized spacial score (nSPS) is 23.7. The SMILES string of the molecule is O=c1c(O)c(-c2ccc(O)cc2)oc2c(O)c(O[C@@H]3OC[C@@H](O)[C@H](O)[C@H]3O)cc(O)c12. The van der Waals surface area contributed by atoms with Gasteiger partial charge in [0, 0.05) is 11.6 Å². The highest BCUT2D eigenvalue weighted by Gasteiger charge is 2.39. The van der Waals surface area contributed by atoms with E-state index in [-0.39, 0.29) is 23.7 Å². The van der Waals surface area contributed by atoms with Gasteiger partial charge in [0.2, 0.25) is 23.2 Å². The van der Waals surface area contributed by atoms with E-state index in [1.165, 1.54) is 24.3 Å². The van der Waals surface area contributed by atoms with Crippen LogP contribution >= 0.6 is 0 Å². The minimum Gasteiger partial charge on any atom is -0.508 e. The van der Waals surface area contributed by atoms with E-state index in [2.05, 4.69) is 0 Å². The lowest BCUT2D eigenvalue weighted by Gasteiger charge is -2.35. The van der Waals surface area contributed by atoms with Gasteiger partial charge in [-0.1, -0.05) is 0 Å².